The average Bonchev–Trinajstić information content (AvgIpc) is 2.84. The molecule has 0 aliphatic carbocycles. The molecule has 0 bridgehead atoms. The highest BCUT2D eigenvalue weighted by atomic mass is 19.4. The number of carbonyl (C=O) groups is 1. The lowest BCUT2D eigenvalue weighted by molar-refractivity contribution is -0.274. The average molecular weight is 499 g/mol. The number of ether oxygens (including phenoxy) is 1. The third-order valence-corrected chi connectivity index (χ3v) is 6.36. The van der Waals surface area contributed by atoms with Gasteiger partial charge in [0.2, 0.25) is 5.91 Å². The van der Waals surface area contributed by atoms with E-state index in [-0.39, 0.29) is 17.3 Å². The molecule has 5 rings (SSSR count). The van der Waals surface area contributed by atoms with Crippen LogP contribution in [0, 0.1) is 0 Å². The number of aromatic nitrogens is 4. The Balaban J connectivity index is 1.41. The predicted octanol–water partition coefficient (Wildman–Crippen LogP) is 4.21. The van der Waals surface area contributed by atoms with Gasteiger partial charge in [-0.3, -0.25) is 9.78 Å². The minimum atomic E-state index is -4.81. The second-order valence-corrected chi connectivity index (χ2v) is 8.90. The summed E-state index contributed by atoms with van der Waals surface area (Å²) < 4.78 is 41.9. The number of pyridine rings is 2. The molecule has 1 amide bonds. The van der Waals surface area contributed by atoms with E-state index in [0.29, 0.717) is 42.5 Å². The van der Waals surface area contributed by atoms with Gasteiger partial charge >= 0.3 is 6.36 Å². The van der Waals surface area contributed by atoms with Crippen LogP contribution < -0.4 is 20.3 Å². The van der Waals surface area contributed by atoms with Gasteiger partial charge in [-0.1, -0.05) is 0 Å². The molecule has 0 unspecified atom stereocenters. The summed E-state index contributed by atoms with van der Waals surface area (Å²) in [6.45, 7) is 1.38. The number of rotatable bonds is 5. The van der Waals surface area contributed by atoms with Gasteiger partial charge < -0.3 is 20.3 Å². The van der Waals surface area contributed by atoms with Crippen molar-refractivity contribution in [1.82, 2.24) is 25.3 Å². The number of nitrogens with zero attached hydrogens (tertiary/aromatic N) is 5. The number of amides is 1. The van der Waals surface area contributed by atoms with Crippen molar-refractivity contribution < 1.29 is 22.7 Å². The van der Waals surface area contributed by atoms with Gasteiger partial charge in [0, 0.05) is 61.3 Å². The minimum absolute atomic E-state index is 0.103. The molecule has 3 aromatic rings. The van der Waals surface area contributed by atoms with E-state index < -0.39 is 12.1 Å². The summed E-state index contributed by atoms with van der Waals surface area (Å²) in [4.78, 5) is 31.6. The summed E-state index contributed by atoms with van der Waals surface area (Å²) in [6.07, 6.45) is 3.72. The summed E-state index contributed by atoms with van der Waals surface area (Å²) in [6, 6.07) is 7.60. The number of hydrogen-bond acceptors (Lipinski definition) is 8. The van der Waals surface area contributed by atoms with Crippen LogP contribution in [0.3, 0.4) is 0 Å². The van der Waals surface area contributed by atoms with E-state index in [0.717, 1.165) is 37.8 Å². The van der Waals surface area contributed by atoms with Gasteiger partial charge in [-0.05, 0) is 43.9 Å². The summed E-state index contributed by atoms with van der Waals surface area (Å²) in [5.41, 5.74) is 0.521. The van der Waals surface area contributed by atoms with E-state index in [4.69, 9.17) is 4.98 Å². The maximum absolute atomic E-state index is 12.6. The first-order valence-corrected chi connectivity index (χ1v) is 11.6. The molecule has 0 aromatic carbocycles. The fourth-order valence-electron chi connectivity index (χ4n) is 4.64. The second-order valence-electron chi connectivity index (χ2n) is 8.90. The van der Waals surface area contributed by atoms with Crippen molar-refractivity contribution in [3.05, 3.63) is 48.9 Å². The first-order chi connectivity index (χ1) is 17.3. The molecule has 0 saturated carbocycles. The molecule has 2 saturated heterocycles. The van der Waals surface area contributed by atoms with Crippen LogP contribution in [0.25, 0.3) is 11.4 Å². The zero-order chi connectivity index (χ0) is 25.2. The highest BCUT2D eigenvalue weighted by molar-refractivity contribution is 5.77. The molecule has 0 radical (unpaired) electrons. The molecule has 3 aromatic heterocycles. The summed E-state index contributed by atoms with van der Waals surface area (Å²) in [7, 11) is 0. The normalized spacial score (nSPS) is 17.5. The molecule has 2 aliphatic heterocycles. The van der Waals surface area contributed by atoms with Gasteiger partial charge in [0.15, 0.2) is 5.82 Å². The molecule has 0 atom stereocenters. The summed E-state index contributed by atoms with van der Waals surface area (Å²) in [5.74, 6) is 1.29. The van der Waals surface area contributed by atoms with E-state index in [9.17, 15) is 18.0 Å². The maximum atomic E-state index is 12.6. The fraction of sp³-hybridized carbons (Fsp3) is 0.375. The summed E-state index contributed by atoms with van der Waals surface area (Å²) in [5, 5.41) is 6.16. The Kier molecular flexibility index (Phi) is 6.33. The van der Waals surface area contributed by atoms with Gasteiger partial charge in [0.05, 0.1) is 0 Å². The third kappa shape index (κ3) is 5.64. The van der Waals surface area contributed by atoms with Gasteiger partial charge in [0.25, 0.3) is 0 Å². The number of alkyl halides is 3. The predicted molar refractivity (Wildman–Crippen MR) is 126 cm³/mol. The Bertz CT molecular complexity index is 1230. The van der Waals surface area contributed by atoms with Crippen molar-refractivity contribution in [2.45, 2.75) is 44.0 Å². The molecule has 188 valence electrons. The molecule has 2 N–H and O–H groups in total. The van der Waals surface area contributed by atoms with Crippen molar-refractivity contribution in [3.63, 3.8) is 0 Å². The van der Waals surface area contributed by atoms with Crippen LogP contribution in [-0.4, -0.2) is 50.8 Å². The zero-order valence-electron chi connectivity index (χ0n) is 19.3. The molecular formula is C24H24F3N7O2. The Morgan fingerprint density at radius 2 is 1.89 bits per heavy atom. The SMILES string of the molecule is O=C1CCCC2(CCN(c3cc(Nc4cc(OC(F)(F)F)ccn4)nc(-c4cccnc4)n3)CC2)N1. The Morgan fingerprint density at radius 3 is 2.61 bits per heavy atom. The van der Waals surface area contributed by atoms with E-state index in [1.165, 1.54) is 6.20 Å². The van der Waals surface area contributed by atoms with E-state index in [2.05, 4.69) is 35.2 Å². The number of carbonyl (C=O) groups excluding carboxylic acids is 1. The fourth-order valence-corrected chi connectivity index (χ4v) is 4.64. The van der Waals surface area contributed by atoms with Gasteiger partial charge in [-0.2, -0.15) is 0 Å². The van der Waals surface area contributed by atoms with Crippen molar-refractivity contribution in [2.75, 3.05) is 23.3 Å². The zero-order valence-corrected chi connectivity index (χ0v) is 19.3. The Morgan fingerprint density at radius 1 is 1.06 bits per heavy atom. The van der Waals surface area contributed by atoms with Gasteiger partial charge in [-0.15, -0.1) is 13.2 Å². The lowest BCUT2D eigenvalue weighted by Gasteiger charge is -2.45. The molecular weight excluding hydrogens is 475 g/mol. The monoisotopic (exact) mass is 499 g/mol. The van der Waals surface area contributed by atoms with Crippen LogP contribution in [0.4, 0.5) is 30.6 Å². The van der Waals surface area contributed by atoms with Crippen LogP contribution in [0.1, 0.15) is 32.1 Å². The molecule has 1 spiro atoms. The largest absolute Gasteiger partial charge is 0.573 e. The lowest BCUT2D eigenvalue weighted by Crippen LogP contribution is -2.57. The number of anilines is 3. The van der Waals surface area contributed by atoms with Crippen molar-refractivity contribution in [2.24, 2.45) is 0 Å². The Hall–Kier alpha value is -3.96. The van der Waals surface area contributed by atoms with Crippen LogP contribution in [-0.2, 0) is 4.79 Å². The third-order valence-electron chi connectivity index (χ3n) is 6.36. The first-order valence-electron chi connectivity index (χ1n) is 11.6. The Labute approximate surface area is 205 Å². The topological polar surface area (TPSA) is 105 Å². The van der Waals surface area contributed by atoms with Crippen molar-refractivity contribution in [1.29, 1.82) is 0 Å². The van der Waals surface area contributed by atoms with Crippen molar-refractivity contribution in [3.8, 4) is 17.1 Å². The van der Waals surface area contributed by atoms with Gasteiger partial charge in [-0.25, -0.2) is 15.0 Å². The molecule has 5 heterocycles. The summed E-state index contributed by atoms with van der Waals surface area (Å²) >= 11 is 0. The molecule has 36 heavy (non-hydrogen) atoms. The minimum Gasteiger partial charge on any atom is -0.406 e. The van der Waals surface area contributed by atoms with E-state index >= 15 is 0 Å². The smallest absolute Gasteiger partial charge is 0.406 e. The van der Waals surface area contributed by atoms with Crippen LogP contribution in [0.15, 0.2) is 48.9 Å². The second kappa shape index (κ2) is 9.59. The highest BCUT2D eigenvalue weighted by Gasteiger charge is 2.38. The molecule has 9 nitrogen and oxygen atoms in total. The molecule has 2 fully saturated rings. The maximum Gasteiger partial charge on any atom is 0.573 e. The van der Waals surface area contributed by atoms with Gasteiger partial charge in [0.1, 0.15) is 23.2 Å². The number of piperidine rings is 2. The van der Waals surface area contributed by atoms with Crippen molar-refractivity contribution >= 4 is 23.4 Å². The standard InChI is InChI=1S/C24H24F3N7O2/c25-24(26,27)36-17-5-10-29-18(13-17)30-19-14-20(32-22(31-19)16-3-2-9-28-15-16)34-11-7-23(8-12-34)6-1-4-21(35)33-23/h2-3,5,9-10,13-15H,1,4,6-8,11-12H2,(H,33,35)(H,29,30,31,32). The lowest BCUT2D eigenvalue weighted by atomic mass is 9.80. The number of nitrogens with one attached hydrogen (secondary N) is 2. The molecule has 2 aliphatic rings. The number of hydrogen-bond donors (Lipinski definition) is 2. The first kappa shape index (κ1) is 23.8. The molecule has 12 heteroatoms. The van der Waals surface area contributed by atoms with Crippen LogP contribution >= 0.6 is 0 Å². The van der Waals surface area contributed by atoms with Crippen LogP contribution in [0.2, 0.25) is 0 Å². The number of halogens is 3. The van der Waals surface area contributed by atoms with E-state index in [1.54, 1.807) is 24.5 Å². The quantitative estimate of drug-likeness (QED) is 0.538. The van der Waals surface area contributed by atoms with Crippen LogP contribution in [0.5, 0.6) is 5.75 Å². The highest BCUT2D eigenvalue weighted by Crippen LogP contribution is 2.34. The van der Waals surface area contributed by atoms with E-state index in [1.807, 2.05) is 6.07 Å².